The second-order valence-corrected chi connectivity index (χ2v) is 6.98. The number of carboxylic acid groups (broad SMARTS) is 1. The molecule has 2 aromatic rings. The third-order valence-electron chi connectivity index (χ3n) is 4.23. The maximum absolute atomic E-state index is 10.5. The molecule has 0 fully saturated rings. The van der Waals surface area contributed by atoms with Crippen LogP contribution in [-0.4, -0.2) is 11.2 Å². The highest BCUT2D eigenvalue weighted by Crippen LogP contribution is 2.37. The number of carbonyl (C=O) groups is 1. The maximum atomic E-state index is 10.5. The minimum atomic E-state index is -1.01. The van der Waals surface area contributed by atoms with Gasteiger partial charge in [-0.2, -0.15) is 0 Å². The average molecular weight is 310 g/mol. The van der Waals surface area contributed by atoms with Gasteiger partial charge in [-0.3, -0.25) is 0 Å². The molecular formula is C19H22N2O2. The van der Waals surface area contributed by atoms with Gasteiger partial charge >= 0.3 is 6.09 Å². The van der Waals surface area contributed by atoms with Crippen LogP contribution >= 0.6 is 0 Å². The number of rotatable bonds is 4. The molecule has 0 heterocycles. The van der Waals surface area contributed by atoms with Crippen molar-refractivity contribution in [2.24, 2.45) is 5.41 Å². The van der Waals surface area contributed by atoms with Crippen molar-refractivity contribution in [3.05, 3.63) is 59.2 Å². The fourth-order valence-electron chi connectivity index (χ4n) is 3.18. The largest absolute Gasteiger partial charge is 0.465 e. The fraction of sp³-hybridized carbons (Fsp3) is 0.316. The van der Waals surface area contributed by atoms with Gasteiger partial charge in [-0.15, -0.1) is 0 Å². The van der Waals surface area contributed by atoms with Crippen LogP contribution in [0.25, 0.3) is 0 Å². The number of fused-ring (bicyclic) bond motifs is 1. The van der Waals surface area contributed by atoms with Crippen LogP contribution in [0.2, 0.25) is 0 Å². The van der Waals surface area contributed by atoms with Crippen LogP contribution in [0.15, 0.2) is 42.5 Å². The van der Waals surface area contributed by atoms with Crippen molar-refractivity contribution in [2.45, 2.75) is 33.2 Å². The molecule has 0 unspecified atom stereocenters. The Morgan fingerprint density at radius 1 is 1.04 bits per heavy atom. The summed E-state index contributed by atoms with van der Waals surface area (Å²) >= 11 is 0. The standard InChI is InChI=1S/C19H22N2O2/c1-19(2)10-14-5-8-17(9-15(14)11-19)21-16-6-3-13(4-7-16)12-20-18(22)23/h3-9,20-21H,10-12H2,1-2H3,(H,22,23). The summed E-state index contributed by atoms with van der Waals surface area (Å²) in [4.78, 5) is 10.5. The van der Waals surface area contributed by atoms with E-state index in [2.05, 4.69) is 42.7 Å². The summed E-state index contributed by atoms with van der Waals surface area (Å²) in [5.41, 5.74) is 6.28. The summed E-state index contributed by atoms with van der Waals surface area (Å²) in [5.74, 6) is 0. The van der Waals surface area contributed by atoms with Crippen molar-refractivity contribution in [3.8, 4) is 0 Å². The van der Waals surface area contributed by atoms with Crippen LogP contribution in [-0.2, 0) is 19.4 Å². The summed E-state index contributed by atoms with van der Waals surface area (Å²) in [6.07, 6.45) is 1.26. The molecule has 0 atom stereocenters. The second kappa shape index (κ2) is 5.95. The molecule has 4 heteroatoms. The van der Waals surface area contributed by atoms with Crippen molar-refractivity contribution in [1.29, 1.82) is 0 Å². The van der Waals surface area contributed by atoms with Gasteiger partial charge in [0.2, 0.25) is 0 Å². The summed E-state index contributed by atoms with van der Waals surface area (Å²) < 4.78 is 0. The predicted molar refractivity (Wildman–Crippen MR) is 92.2 cm³/mol. The first kappa shape index (κ1) is 15.4. The first-order valence-electron chi connectivity index (χ1n) is 7.86. The molecule has 3 rings (SSSR count). The van der Waals surface area contributed by atoms with Crippen LogP contribution in [0.3, 0.4) is 0 Å². The van der Waals surface area contributed by atoms with Gasteiger partial charge in [-0.1, -0.05) is 32.0 Å². The van der Waals surface area contributed by atoms with Crippen molar-refractivity contribution in [1.82, 2.24) is 5.32 Å². The zero-order chi connectivity index (χ0) is 16.4. The van der Waals surface area contributed by atoms with Gasteiger partial charge in [0.1, 0.15) is 0 Å². The third kappa shape index (κ3) is 3.83. The Morgan fingerprint density at radius 2 is 1.70 bits per heavy atom. The molecule has 0 bridgehead atoms. The van der Waals surface area contributed by atoms with Crippen LogP contribution in [0, 0.1) is 5.41 Å². The molecule has 4 nitrogen and oxygen atoms in total. The Kier molecular flexibility index (Phi) is 3.99. The van der Waals surface area contributed by atoms with E-state index < -0.39 is 6.09 Å². The molecule has 0 saturated carbocycles. The number of benzene rings is 2. The van der Waals surface area contributed by atoms with E-state index >= 15 is 0 Å². The van der Waals surface area contributed by atoms with Crippen LogP contribution < -0.4 is 10.6 Å². The molecule has 0 spiro atoms. The van der Waals surface area contributed by atoms with E-state index in [0.717, 1.165) is 29.8 Å². The summed E-state index contributed by atoms with van der Waals surface area (Å²) in [6.45, 7) is 4.94. The van der Waals surface area contributed by atoms with E-state index in [0.29, 0.717) is 12.0 Å². The minimum Gasteiger partial charge on any atom is -0.465 e. The Hall–Kier alpha value is -2.49. The molecule has 1 aliphatic carbocycles. The van der Waals surface area contributed by atoms with Gasteiger partial charge in [-0.25, -0.2) is 4.79 Å². The van der Waals surface area contributed by atoms with Crippen molar-refractivity contribution < 1.29 is 9.90 Å². The van der Waals surface area contributed by atoms with E-state index in [-0.39, 0.29) is 0 Å². The SMILES string of the molecule is CC1(C)Cc2ccc(Nc3ccc(CNC(=O)O)cc3)cc2C1. The molecule has 0 saturated heterocycles. The van der Waals surface area contributed by atoms with E-state index in [1.165, 1.54) is 11.1 Å². The lowest BCUT2D eigenvalue weighted by Gasteiger charge is -2.14. The zero-order valence-electron chi connectivity index (χ0n) is 13.5. The quantitative estimate of drug-likeness (QED) is 0.788. The van der Waals surface area contributed by atoms with E-state index in [9.17, 15) is 4.79 Å². The molecule has 0 radical (unpaired) electrons. The summed E-state index contributed by atoms with van der Waals surface area (Å²) in [6, 6.07) is 14.4. The Balaban J connectivity index is 1.67. The van der Waals surface area contributed by atoms with Gasteiger partial charge in [-0.05, 0) is 59.2 Å². The summed E-state index contributed by atoms with van der Waals surface area (Å²) in [7, 11) is 0. The van der Waals surface area contributed by atoms with Gasteiger partial charge in [0.05, 0.1) is 0 Å². The molecule has 23 heavy (non-hydrogen) atoms. The highest BCUT2D eigenvalue weighted by atomic mass is 16.4. The molecule has 0 aromatic heterocycles. The number of hydrogen-bond acceptors (Lipinski definition) is 2. The lowest BCUT2D eigenvalue weighted by Crippen LogP contribution is -2.19. The molecule has 1 amide bonds. The van der Waals surface area contributed by atoms with Crippen LogP contribution in [0.1, 0.15) is 30.5 Å². The monoisotopic (exact) mass is 310 g/mol. The normalized spacial score (nSPS) is 15.0. The van der Waals surface area contributed by atoms with Gasteiger partial charge in [0, 0.05) is 17.9 Å². The Bertz CT molecular complexity index is 721. The number of anilines is 2. The average Bonchev–Trinajstić information content (AvgIpc) is 2.79. The van der Waals surface area contributed by atoms with Gasteiger partial charge < -0.3 is 15.7 Å². The van der Waals surface area contributed by atoms with Crippen molar-refractivity contribution >= 4 is 17.5 Å². The fourth-order valence-corrected chi connectivity index (χ4v) is 3.18. The smallest absolute Gasteiger partial charge is 0.404 e. The first-order valence-corrected chi connectivity index (χ1v) is 7.86. The van der Waals surface area contributed by atoms with Crippen molar-refractivity contribution in [2.75, 3.05) is 5.32 Å². The second-order valence-electron chi connectivity index (χ2n) is 6.98. The molecule has 1 aliphatic rings. The highest BCUT2D eigenvalue weighted by molar-refractivity contribution is 5.65. The summed E-state index contributed by atoms with van der Waals surface area (Å²) in [5, 5.41) is 14.4. The first-order chi connectivity index (χ1) is 10.9. The lowest BCUT2D eigenvalue weighted by molar-refractivity contribution is 0.194. The van der Waals surface area contributed by atoms with Crippen molar-refractivity contribution in [3.63, 3.8) is 0 Å². The van der Waals surface area contributed by atoms with E-state index in [1.807, 2.05) is 24.3 Å². The Labute approximate surface area is 136 Å². The number of hydrogen-bond donors (Lipinski definition) is 3. The molecule has 3 N–H and O–H groups in total. The number of nitrogens with one attached hydrogen (secondary N) is 2. The van der Waals surface area contributed by atoms with E-state index in [4.69, 9.17) is 5.11 Å². The van der Waals surface area contributed by atoms with Gasteiger partial charge in [0.25, 0.3) is 0 Å². The van der Waals surface area contributed by atoms with Gasteiger partial charge in [0.15, 0.2) is 0 Å². The molecule has 2 aromatic carbocycles. The topological polar surface area (TPSA) is 61.4 Å². The molecule has 0 aliphatic heterocycles. The number of amides is 1. The minimum absolute atomic E-state index is 0.323. The molecular weight excluding hydrogens is 288 g/mol. The Morgan fingerprint density at radius 3 is 2.39 bits per heavy atom. The molecule has 120 valence electrons. The van der Waals surface area contributed by atoms with E-state index in [1.54, 1.807) is 0 Å². The highest BCUT2D eigenvalue weighted by Gasteiger charge is 2.28. The van der Waals surface area contributed by atoms with Crippen LogP contribution in [0.5, 0.6) is 0 Å². The predicted octanol–water partition coefficient (Wildman–Crippen LogP) is 4.32. The third-order valence-corrected chi connectivity index (χ3v) is 4.23. The maximum Gasteiger partial charge on any atom is 0.404 e. The lowest BCUT2D eigenvalue weighted by atomic mass is 9.90. The van der Waals surface area contributed by atoms with Crippen LogP contribution in [0.4, 0.5) is 16.2 Å². The zero-order valence-corrected chi connectivity index (χ0v) is 13.5.